The molecule has 0 unspecified atom stereocenters. The lowest BCUT2D eigenvalue weighted by Gasteiger charge is -2.12. The molecule has 2 aromatic rings. The van der Waals surface area contributed by atoms with Crippen LogP contribution in [0, 0.1) is 11.6 Å². The normalized spacial score (nSPS) is 10.4. The van der Waals surface area contributed by atoms with E-state index in [0.717, 1.165) is 0 Å². The third kappa shape index (κ3) is 3.05. The molecule has 0 bridgehead atoms. The van der Waals surface area contributed by atoms with Crippen LogP contribution in [0.1, 0.15) is 11.1 Å². The van der Waals surface area contributed by atoms with Gasteiger partial charge in [0.2, 0.25) is 0 Å². The first-order valence-corrected chi connectivity index (χ1v) is 6.08. The maximum Gasteiger partial charge on any atom is 0.132 e. The van der Waals surface area contributed by atoms with Gasteiger partial charge in [-0.05, 0) is 30.3 Å². The summed E-state index contributed by atoms with van der Waals surface area (Å²) in [6.45, 7) is 0.0458. The van der Waals surface area contributed by atoms with Crippen molar-refractivity contribution in [2.24, 2.45) is 5.73 Å². The average molecular weight is 279 g/mol. The summed E-state index contributed by atoms with van der Waals surface area (Å²) in [7, 11) is 1.55. The highest BCUT2D eigenvalue weighted by molar-refractivity contribution is 5.40. The zero-order valence-electron chi connectivity index (χ0n) is 11.0. The summed E-state index contributed by atoms with van der Waals surface area (Å²) in [5.74, 6) is -0.133. The number of nitrogens with two attached hydrogens (primary N) is 1. The summed E-state index contributed by atoms with van der Waals surface area (Å²) in [6.07, 6.45) is 0. The first-order valence-electron chi connectivity index (χ1n) is 6.08. The van der Waals surface area contributed by atoms with Gasteiger partial charge < -0.3 is 15.2 Å². The van der Waals surface area contributed by atoms with Crippen molar-refractivity contribution in [3.63, 3.8) is 0 Å². The van der Waals surface area contributed by atoms with Gasteiger partial charge >= 0.3 is 0 Å². The fourth-order valence-corrected chi connectivity index (χ4v) is 1.80. The molecule has 0 amide bonds. The highest BCUT2D eigenvalue weighted by Gasteiger charge is 2.11. The fraction of sp³-hybridized carbons (Fsp3) is 0.200. The minimum atomic E-state index is -0.632. The smallest absolute Gasteiger partial charge is 0.132 e. The van der Waals surface area contributed by atoms with Gasteiger partial charge in [0, 0.05) is 12.1 Å². The topological polar surface area (TPSA) is 44.5 Å². The van der Waals surface area contributed by atoms with E-state index >= 15 is 0 Å². The van der Waals surface area contributed by atoms with Crippen LogP contribution in [0.15, 0.2) is 36.4 Å². The third-order valence-electron chi connectivity index (χ3n) is 2.92. The lowest BCUT2D eigenvalue weighted by atomic mass is 10.2. The van der Waals surface area contributed by atoms with Crippen molar-refractivity contribution in [3.05, 3.63) is 59.2 Å². The first-order chi connectivity index (χ1) is 9.65. The summed E-state index contributed by atoms with van der Waals surface area (Å²) >= 11 is 0. The van der Waals surface area contributed by atoms with Crippen molar-refractivity contribution in [3.8, 4) is 11.5 Å². The Balaban J connectivity index is 2.19. The van der Waals surface area contributed by atoms with E-state index in [2.05, 4.69) is 0 Å². The number of ether oxygens (including phenoxy) is 2. The van der Waals surface area contributed by atoms with E-state index in [1.807, 2.05) is 0 Å². The Labute approximate surface area is 115 Å². The molecule has 0 aliphatic heterocycles. The lowest BCUT2D eigenvalue weighted by molar-refractivity contribution is 0.289. The fourth-order valence-electron chi connectivity index (χ4n) is 1.80. The number of hydrogen-bond donors (Lipinski definition) is 1. The molecular weight excluding hydrogens is 264 g/mol. The van der Waals surface area contributed by atoms with Crippen molar-refractivity contribution in [2.45, 2.75) is 13.2 Å². The van der Waals surface area contributed by atoms with E-state index in [4.69, 9.17) is 15.2 Å². The second-order valence-corrected chi connectivity index (χ2v) is 4.17. The van der Waals surface area contributed by atoms with Crippen LogP contribution in [-0.2, 0) is 13.2 Å². The van der Waals surface area contributed by atoms with Crippen LogP contribution in [-0.4, -0.2) is 7.11 Å². The van der Waals surface area contributed by atoms with Crippen LogP contribution in [0.3, 0.4) is 0 Å². The van der Waals surface area contributed by atoms with Crippen molar-refractivity contribution in [2.75, 3.05) is 7.11 Å². The number of halogens is 2. The van der Waals surface area contributed by atoms with Crippen LogP contribution in [0.25, 0.3) is 0 Å². The highest BCUT2D eigenvalue weighted by atomic mass is 19.1. The molecule has 2 N–H and O–H groups in total. The predicted octanol–water partition coefficient (Wildman–Crippen LogP) is 3.01. The van der Waals surface area contributed by atoms with Crippen molar-refractivity contribution >= 4 is 0 Å². The monoisotopic (exact) mass is 279 g/mol. The maximum atomic E-state index is 13.5. The minimum absolute atomic E-state index is 0.105. The molecule has 106 valence electrons. The van der Waals surface area contributed by atoms with Gasteiger partial charge in [0.15, 0.2) is 0 Å². The highest BCUT2D eigenvalue weighted by Crippen LogP contribution is 2.25. The lowest BCUT2D eigenvalue weighted by Crippen LogP contribution is -2.05. The second-order valence-electron chi connectivity index (χ2n) is 4.17. The van der Waals surface area contributed by atoms with Crippen LogP contribution in [0.4, 0.5) is 8.78 Å². The Morgan fingerprint density at radius 3 is 2.40 bits per heavy atom. The molecule has 20 heavy (non-hydrogen) atoms. The van der Waals surface area contributed by atoms with Gasteiger partial charge in [-0.1, -0.05) is 6.07 Å². The maximum absolute atomic E-state index is 13.5. The SMILES string of the molecule is COc1ccc(OCc2c(F)cccc2F)c(CN)c1. The number of rotatable bonds is 5. The van der Waals surface area contributed by atoms with Gasteiger partial charge in [0.25, 0.3) is 0 Å². The Kier molecular flexibility index (Phi) is 4.53. The van der Waals surface area contributed by atoms with E-state index in [-0.39, 0.29) is 18.7 Å². The van der Waals surface area contributed by atoms with Crippen LogP contribution >= 0.6 is 0 Å². The summed E-state index contributed by atoms with van der Waals surface area (Å²) in [5, 5.41) is 0. The van der Waals surface area contributed by atoms with Gasteiger partial charge in [-0.2, -0.15) is 0 Å². The molecule has 0 spiro atoms. The van der Waals surface area contributed by atoms with Gasteiger partial charge in [0.05, 0.1) is 12.7 Å². The Morgan fingerprint density at radius 2 is 1.80 bits per heavy atom. The molecule has 3 nitrogen and oxygen atoms in total. The Hall–Kier alpha value is -2.14. The molecule has 0 heterocycles. The molecule has 0 aromatic heterocycles. The number of hydrogen-bond acceptors (Lipinski definition) is 3. The molecule has 5 heteroatoms. The van der Waals surface area contributed by atoms with Crippen molar-refractivity contribution in [1.29, 1.82) is 0 Å². The summed E-state index contributed by atoms with van der Waals surface area (Å²) < 4.78 is 37.5. The van der Waals surface area contributed by atoms with E-state index in [1.54, 1.807) is 25.3 Å². The molecule has 0 radical (unpaired) electrons. The second kappa shape index (κ2) is 6.34. The average Bonchev–Trinajstić information content (AvgIpc) is 2.46. The zero-order chi connectivity index (χ0) is 14.5. The zero-order valence-corrected chi connectivity index (χ0v) is 11.0. The van der Waals surface area contributed by atoms with Crippen molar-refractivity contribution < 1.29 is 18.3 Å². The molecule has 0 saturated carbocycles. The quantitative estimate of drug-likeness (QED) is 0.915. The van der Waals surface area contributed by atoms with E-state index in [9.17, 15) is 8.78 Å². The molecule has 0 fully saturated rings. The van der Waals surface area contributed by atoms with Gasteiger partial charge in [-0.25, -0.2) is 8.78 Å². The first kappa shape index (κ1) is 14.3. The van der Waals surface area contributed by atoms with Gasteiger partial charge in [-0.3, -0.25) is 0 Å². The summed E-state index contributed by atoms with van der Waals surface area (Å²) in [4.78, 5) is 0. The van der Waals surface area contributed by atoms with E-state index < -0.39 is 11.6 Å². The largest absolute Gasteiger partial charge is 0.497 e. The molecule has 0 aliphatic carbocycles. The van der Waals surface area contributed by atoms with E-state index in [0.29, 0.717) is 17.1 Å². The Bertz CT molecular complexity index is 582. The van der Waals surface area contributed by atoms with Gasteiger partial charge in [-0.15, -0.1) is 0 Å². The van der Waals surface area contributed by atoms with E-state index in [1.165, 1.54) is 18.2 Å². The van der Waals surface area contributed by atoms with Gasteiger partial charge in [0.1, 0.15) is 29.7 Å². The van der Waals surface area contributed by atoms with Crippen LogP contribution in [0.5, 0.6) is 11.5 Å². The third-order valence-corrected chi connectivity index (χ3v) is 2.92. The molecule has 0 atom stereocenters. The number of benzene rings is 2. The molecule has 2 rings (SSSR count). The van der Waals surface area contributed by atoms with Crippen molar-refractivity contribution in [1.82, 2.24) is 0 Å². The molecular formula is C15H15F2NO2. The minimum Gasteiger partial charge on any atom is -0.497 e. The summed E-state index contributed by atoms with van der Waals surface area (Å²) in [5.41, 5.74) is 6.22. The Morgan fingerprint density at radius 1 is 1.10 bits per heavy atom. The predicted molar refractivity (Wildman–Crippen MR) is 71.6 cm³/mol. The molecule has 2 aromatic carbocycles. The van der Waals surface area contributed by atoms with Crippen LogP contribution < -0.4 is 15.2 Å². The standard InChI is InChI=1S/C15H15F2NO2/c1-19-11-5-6-15(10(7-11)8-18)20-9-12-13(16)3-2-4-14(12)17/h2-7H,8-9,18H2,1H3. The summed E-state index contributed by atoms with van der Waals surface area (Å²) in [6, 6.07) is 8.80. The molecule has 0 aliphatic rings. The molecule has 0 saturated heterocycles. The number of methoxy groups -OCH3 is 1. The van der Waals surface area contributed by atoms with Crippen LogP contribution in [0.2, 0.25) is 0 Å².